The van der Waals surface area contributed by atoms with Crippen LogP contribution in [0.4, 0.5) is 0 Å². The Morgan fingerprint density at radius 3 is 2.47 bits per heavy atom. The molecular weight excluding hydrogens is 188 g/mol. The lowest BCUT2D eigenvalue weighted by atomic mass is 9.84. The van der Waals surface area contributed by atoms with Crippen molar-refractivity contribution < 1.29 is 4.79 Å². The lowest BCUT2D eigenvalue weighted by molar-refractivity contribution is -0.125. The van der Waals surface area contributed by atoms with Crippen molar-refractivity contribution in [2.45, 2.75) is 64.5 Å². The number of primary amides is 1. The van der Waals surface area contributed by atoms with Gasteiger partial charge in [-0.15, -0.1) is 0 Å². The Morgan fingerprint density at radius 2 is 2.13 bits per heavy atom. The first kappa shape index (κ1) is 12.5. The van der Waals surface area contributed by atoms with Crippen LogP contribution in [0, 0.1) is 5.92 Å². The molecule has 3 N–H and O–H groups in total. The van der Waals surface area contributed by atoms with Gasteiger partial charge in [-0.25, -0.2) is 0 Å². The Labute approximate surface area is 92.8 Å². The van der Waals surface area contributed by atoms with Crippen molar-refractivity contribution in [2.75, 3.05) is 0 Å². The summed E-state index contributed by atoms with van der Waals surface area (Å²) >= 11 is 0. The lowest BCUT2D eigenvalue weighted by Gasteiger charge is -2.33. The molecule has 0 saturated heterocycles. The summed E-state index contributed by atoms with van der Waals surface area (Å²) in [4.78, 5) is 11.6. The average Bonchev–Trinajstić information content (AvgIpc) is 2.99. The smallest absolute Gasteiger partial charge is 0.237 e. The molecule has 2 unspecified atom stereocenters. The van der Waals surface area contributed by atoms with Gasteiger partial charge in [0.1, 0.15) is 0 Å². The zero-order valence-electron chi connectivity index (χ0n) is 10.2. The van der Waals surface area contributed by atoms with Gasteiger partial charge in [-0.1, -0.05) is 27.2 Å². The van der Waals surface area contributed by atoms with Crippen molar-refractivity contribution in [2.24, 2.45) is 11.7 Å². The Kier molecular flexibility index (Phi) is 4.14. The standard InChI is InChI=1S/C12H24N2O/c1-4-9(3)8-12(5-2,11(13)15)14-10-6-7-10/h9-10,14H,4-8H2,1-3H3,(H2,13,15). The first-order valence-corrected chi connectivity index (χ1v) is 6.11. The molecule has 0 aliphatic heterocycles. The molecule has 0 heterocycles. The van der Waals surface area contributed by atoms with Gasteiger partial charge in [0.2, 0.25) is 5.91 Å². The van der Waals surface area contributed by atoms with E-state index in [9.17, 15) is 4.79 Å². The van der Waals surface area contributed by atoms with Crippen molar-refractivity contribution in [1.29, 1.82) is 0 Å². The van der Waals surface area contributed by atoms with Crippen molar-refractivity contribution in [3.8, 4) is 0 Å². The van der Waals surface area contributed by atoms with Gasteiger partial charge in [-0.2, -0.15) is 0 Å². The molecule has 1 aliphatic rings. The van der Waals surface area contributed by atoms with E-state index < -0.39 is 5.54 Å². The summed E-state index contributed by atoms with van der Waals surface area (Å²) in [6.07, 6.45) is 5.14. The molecule has 1 fully saturated rings. The van der Waals surface area contributed by atoms with Crippen LogP contribution in [0.1, 0.15) is 52.9 Å². The maximum absolute atomic E-state index is 11.6. The number of amides is 1. The number of rotatable bonds is 7. The third kappa shape index (κ3) is 3.20. The molecule has 2 atom stereocenters. The summed E-state index contributed by atoms with van der Waals surface area (Å²) in [5, 5.41) is 3.44. The van der Waals surface area contributed by atoms with Gasteiger partial charge in [0.25, 0.3) is 0 Å². The minimum atomic E-state index is -0.462. The van der Waals surface area contributed by atoms with E-state index in [0.717, 1.165) is 19.3 Å². The Balaban J connectivity index is 2.67. The quantitative estimate of drug-likeness (QED) is 0.676. The highest BCUT2D eigenvalue weighted by Crippen LogP contribution is 2.29. The van der Waals surface area contributed by atoms with E-state index in [0.29, 0.717) is 12.0 Å². The van der Waals surface area contributed by atoms with Crippen LogP contribution in [0.2, 0.25) is 0 Å². The predicted molar refractivity (Wildman–Crippen MR) is 62.4 cm³/mol. The second kappa shape index (κ2) is 4.97. The largest absolute Gasteiger partial charge is 0.368 e. The minimum Gasteiger partial charge on any atom is -0.368 e. The number of carbonyl (C=O) groups is 1. The normalized spacial score (nSPS) is 22.1. The van der Waals surface area contributed by atoms with Crippen LogP contribution in [-0.2, 0) is 4.79 Å². The molecule has 15 heavy (non-hydrogen) atoms. The summed E-state index contributed by atoms with van der Waals surface area (Å²) in [6, 6.07) is 0.529. The third-order valence-electron chi connectivity index (χ3n) is 3.53. The molecular formula is C12H24N2O. The third-order valence-corrected chi connectivity index (χ3v) is 3.53. The maximum atomic E-state index is 11.6. The zero-order valence-corrected chi connectivity index (χ0v) is 10.2. The van der Waals surface area contributed by atoms with Crippen molar-refractivity contribution in [1.82, 2.24) is 5.32 Å². The van der Waals surface area contributed by atoms with E-state index in [2.05, 4.69) is 19.2 Å². The summed E-state index contributed by atoms with van der Waals surface area (Å²) in [7, 11) is 0. The second-order valence-electron chi connectivity index (χ2n) is 4.94. The fourth-order valence-corrected chi connectivity index (χ4v) is 2.01. The number of carbonyl (C=O) groups excluding carboxylic acids is 1. The summed E-state index contributed by atoms with van der Waals surface area (Å²) in [5.41, 5.74) is 5.10. The average molecular weight is 212 g/mol. The van der Waals surface area contributed by atoms with E-state index in [1.165, 1.54) is 12.8 Å². The van der Waals surface area contributed by atoms with Crippen LogP contribution in [0.3, 0.4) is 0 Å². The summed E-state index contributed by atoms with van der Waals surface area (Å²) in [6.45, 7) is 6.38. The van der Waals surface area contributed by atoms with Gasteiger partial charge < -0.3 is 11.1 Å². The van der Waals surface area contributed by atoms with Crippen LogP contribution in [0.25, 0.3) is 0 Å². The number of hydrogen-bond acceptors (Lipinski definition) is 2. The molecule has 3 heteroatoms. The van der Waals surface area contributed by atoms with E-state index in [1.54, 1.807) is 0 Å². The highest BCUT2D eigenvalue weighted by Gasteiger charge is 2.40. The Bertz CT molecular complexity index is 226. The van der Waals surface area contributed by atoms with E-state index in [-0.39, 0.29) is 5.91 Å². The lowest BCUT2D eigenvalue weighted by Crippen LogP contribution is -2.56. The van der Waals surface area contributed by atoms with Crippen molar-refractivity contribution >= 4 is 5.91 Å². The Hall–Kier alpha value is -0.570. The van der Waals surface area contributed by atoms with Gasteiger partial charge in [0, 0.05) is 6.04 Å². The minimum absolute atomic E-state index is 0.183. The molecule has 0 aromatic carbocycles. The van der Waals surface area contributed by atoms with Gasteiger partial charge >= 0.3 is 0 Å². The molecule has 0 spiro atoms. The molecule has 1 aliphatic carbocycles. The number of nitrogens with one attached hydrogen (secondary N) is 1. The van der Waals surface area contributed by atoms with Crippen LogP contribution >= 0.6 is 0 Å². The molecule has 1 saturated carbocycles. The van der Waals surface area contributed by atoms with Crippen LogP contribution in [0.5, 0.6) is 0 Å². The molecule has 0 radical (unpaired) electrons. The van der Waals surface area contributed by atoms with E-state index >= 15 is 0 Å². The fourth-order valence-electron chi connectivity index (χ4n) is 2.01. The van der Waals surface area contributed by atoms with Gasteiger partial charge in [0.05, 0.1) is 5.54 Å². The zero-order chi connectivity index (χ0) is 11.5. The van der Waals surface area contributed by atoms with Gasteiger partial charge in [0.15, 0.2) is 0 Å². The fraction of sp³-hybridized carbons (Fsp3) is 0.917. The highest BCUT2D eigenvalue weighted by molar-refractivity contribution is 5.84. The molecule has 0 bridgehead atoms. The van der Waals surface area contributed by atoms with Crippen molar-refractivity contribution in [3.63, 3.8) is 0 Å². The van der Waals surface area contributed by atoms with E-state index in [1.807, 2.05) is 6.92 Å². The van der Waals surface area contributed by atoms with Gasteiger partial charge in [-0.3, -0.25) is 4.79 Å². The first-order chi connectivity index (χ1) is 7.04. The number of hydrogen-bond donors (Lipinski definition) is 2. The molecule has 3 nitrogen and oxygen atoms in total. The molecule has 1 rings (SSSR count). The molecule has 0 aromatic heterocycles. The molecule has 1 amide bonds. The topological polar surface area (TPSA) is 55.1 Å². The predicted octanol–water partition coefficient (Wildman–Crippen LogP) is 1.81. The van der Waals surface area contributed by atoms with E-state index in [4.69, 9.17) is 5.73 Å². The van der Waals surface area contributed by atoms with Crippen LogP contribution in [0.15, 0.2) is 0 Å². The Morgan fingerprint density at radius 1 is 1.53 bits per heavy atom. The highest BCUT2D eigenvalue weighted by atomic mass is 16.1. The monoisotopic (exact) mass is 212 g/mol. The summed E-state index contributed by atoms with van der Waals surface area (Å²) in [5.74, 6) is 0.362. The summed E-state index contributed by atoms with van der Waals surface area (Å²) < 4.78 is 0. The second-order valence-corrected chi connectivity index (χ2v) is 4.94. The van der Waals surface area contributed by atoms with Crippen LogP contribution < -0.4 is 11.1 Å². The molecule has 88 valence electrons. The molecule has 0 aromatic rings. The first-order valence-electron chi connectivity index (χ1n) is 6.11. The number of nitrogens with two attached hydrogens (primary N) is 1. The van der Waals surface area contributed by atoms with Gasteiger partial charge in [-0.05, 0) is 31.6 Å². The van der Waals surface area contributed by atoms with Crippen LogP contribution in [-0.4, -0.2) is 17.5 Å². The van der Waals surface area contributed by atoms with Crippen molar-refractivity contribution in [3.05, 3.63) is 0 Å². The SMILES string of the molecule is CCC(C)CC(CC)(NC1CC1)C(N)=O. The maximum Gasteiger partial charge on any atom is 0.237 e.